The Morgan fingerprint density at radius 3 is 1.78 bits per heavy atom. The summed E-state index contributed by atoms with van der Waals surface area (Å²) in [5.41, 5.74) is 2.04. The van der Waals surface area contributed by atoms with Crippen LogP contribution in [0.3, 0.4) is 0 Å². The van der Waals surface area contributed by atoms with Crippen molar-refractivity contribution < 1.29 is 4.79 Å². The molecule has 0 saturated carbocycles. The lowest BCUT2D eigenvalue weighted by molar-refractivity contribution is 0.0548. The Morgan fingerprint density at radius 2 is 1.44 bits per heavy atom. The van der Waals surface area contributed by atoms with Gasteiger partial charge in [0.05, 0.1) is 0 Å². The van der Waals surface area contributed by atoms with Crippen LogP contribution in [0.5, 0.6) is 0 Å². The molecule has 0 aliphatic rings. The van der Waals surface area contributed by atoms with E-state index in [0.29, 0.717) is 0 Å². The molecule has 0 radical (unpaired) electrons. The van der Waals surface area contributed by atoms with Crippen molar-refractivity contribution in [3.63, 3.8) is 0 Å². The zero-order valence-corrected chi connectivity index (χ0v) is 12.7. The van der Waals surface area contributed by atoms with Gasteiger partial charge in [-0.05, 0) is 54.2 Å². The molecule has 0 bridgehead atoms. The van der Waals surface area contributed by atoms with Crippen molar-refractivity contribution in [2.45, 2.75) is 52.6 Å². The highest BCUT2D eigenvalue weighted by Crippen LogP contribution is 2.32. The zero-order chi connectivity index (χ0) is 14.1. The standard InChI is InChI=1S/C16H25NO/c1-12(18)13-8-10-14(11-9-13)16(5,6)17(7)15(2,3)4/h8-11H,1-7H3. The van der Waals surface area contributed by atoms with Gasteiger partial charge in [0.25, 0.3) is 0 Å². The molecule has 1 aromatic rings. The molecule has 0 amide bonds. The summed E-state index contributed by atoms with van der Waals surface area (Å²) in [5.74, 6) is 0.114. The Balaban J connectivity index is 3.09. The van der Waals surface area contributed by atoms with E-state index in [4.69, 9.17) is 0 Å². The molecule has 1 rings (SSSR count). The fourth-order valence-electron chi connectivity index (χ4n) is 2.14. The molecule has 0 fully saturated rings. The molecular weight excluding hydrogens is 222 g/mol. The minimum atomic E-state index is -0.0619. The van der Waals surface area contributed by atoms with Crippen LogP contribution >= 0.6 is 0 Å². The predicted octanol–water partition coefficient (Wildman–Crippen LogP) is 3.85. The van der Waals surface area contributed by atoms with E-state index in [9.17, 15) is 4.79 Å². The van der Waals surface area contributed by atoms with Crippen molar-refractivity contribution >= 4 is 5.78 Å². The molecule has 0 aliphatic carbocycles. The Hall–Kier alpha value is -1.15. The van der Waals surface area contributed by atoms with Gasteiger partial charge < -0.3 is 0 Å². The molecule has 0 aromatic heterocycles. The van der Waals surface area contributed by atoms with E-state index in [-0.39, 0.29) is 16.9 Å². The largest absolute Gasteiger partial charge is 0.295 e. The Morgan fingerprint density at radius 1 is 1.00 bits per heavy atom. The first kappa shape index (κ1) is 14.9. The van der Waals surface area contributed by atoms with E-state index in [1.807, 2.05) is 12.1 Å². The van der Waals surface area contributed by atoms with Gasteiger partial charge in [0.2, 0.25) is 0 Å². The quantitative estimate of drug-likeness (QED) is 0.756. The van der Waals surface area contributed by atoms with Gasteiger partial charge in [0.1, 0.15) is 0 Å². The smallest absolute Gasteiger partial charge is 0.159 e. The van der Waals surface area contributed by atoms with Gasteiger partial charge in [-0.15, -0.1) is 0 Å². The van der Waals surface area contributed by atoms with Crippen molar-refractivity contribution in [3.8, 4) is 0 Å². The summed E-state index contributed by atoms with van der Waals surface area (Å²) >= 11 is 0. The number of rotatable bonds is 3. The van der Waals surface area contributed by atoms with E-state index >= 15 is 0 Å². The molecular formula is C16H25NO. The van der Waals surface area contributed by atoms with Crippen molar-refractivity contribution in [3.05, 3.63) is 35.4 Å². The molecule has 0 atom stereocenters. The van der Waals surface area contributed by atoms with Crippen LogP contribution < -0.4 is 0 Å². The van der Waals surface area contributed by atoms with Crippen molar-refractivity contribution in [1.29, 1.82) is 0 Å². The average molecular weight is 247 g/mol. The van der Waals surface area contributed by atoms with Crippen LogP contribution in [-0.2, 0) is 5.54 Å². The summed E-state index contributed by atoms with van der Waals surface area (Å²) in [6.07, 6.45) is 0. The molecule has 2 heteroatoms. The SMILES string of the molecule is CC(=O)c1ccc(C(C)(C)N(C)C(C)(C)C)cc1. The lowest BCUT2D eigenvalue weighted by Gasteiger charge is -2.45. The highest BCUT2D eigenvalue weighted by atomic mass is 16.1. The van der Waals surface area contributed by atoms with Gasteiger partial charge >= 0.3 is 0 Å². The molecule has 100 valence electrons. The van der Waals surface area contributed by atoms with Gasteiger partial charge in [0.15, 0.2) is 5.78 Å². The van der Waals surface area contributed by atoms with E-state index in [1.165, 1.54) is 5.56 Å². The number of Topliss-reactive ketones (excluding diaryl/α,β-unsaturated/α-hetero) is 1. The molecule has 0 spiro atoms. The van der Waals surface area contributed by atoms with Crippen LogP contribution in [0, 0.1) is 0 Å². The highest BCUT2D eigenvalue weighted by Gasteiger charge is 2.32. The first-order valence-corrected chi connectivity index (χ1v) is 6.42. The summed E-state index contributed by atoms with van der Waals surface area (Å²) in [7, 11) is 2.14. The third-order valence-corrected chi connectivity index (χ3v) is 3.84. The lowest BCUT2D eigenvalue weighted by Crippen LogP contribution is -2.49. The van der Waals surface area contributed by atoms with E-state index in [1.54, 1.807) is 6.92 Å². The maximum absolute atomic E-state index is 11.3. The average Bonchev–Trinajstić information content (AvgIpc) is 2.27. The van der Waals surface area contributed by atoms with Crippen LogP contribution in [0.15, 0.2) is 24.3 Å². The lowest BCUT2D eigenvalue weighted by atomic mass is 9.88. The van der Waals surface area contributed by atoms with Crippen molar-refractivity contribution in [1.82, 2.24) is 4.90 Å². The number of carbonyl (C=O) groups excluding carboxylic acids is 1. The van der Waals surface area contributed by atoms with Gasteiger partial charge in [-0.25, -0.2) is 0 Å². The Bertz CT molecular complexity index is 423. The molecule has 1 aromatic carbocycles. The monoisotopic (exact) mass is 247 g/mol. The summed E-state index contributed by atoms with van der Waals surface area (Å²) in [5, 5.41) is 0. The van der Waals surface area contributed by atoms with Crippen LogP contribution in [0.2, 0.25) is 0 Å². The summed E-state index contributed by atoms with van der Waals surface area (Å²) in [6, 6.07) is 7.93. The summed E-state index contributed by atoms with van der Waals surface area (Å²) in [6.45, 7) is 12.6. The van der Waals surface area contributed by atoms with E-state index < -0.39 is 0 Å². The fourth-order valence-corrected chi connectivity index (χ4v) is 2.14. The van der Waals surface area contributed by atoms with Gasteiger partial charge in [-0.2, -0.15) is 0 Å². The summed E-state index contributed by atoms with van der Waals surface area (Å²) < 4.78 is 0. The number of carbonyl (C=O) groups is 1. The number of hydrogen-bond donors (Lipinski definition) is 0. The zero-order valence-electron chi connectivity index (χ0n) is 12.7. The van der Waals surface area contributed by atoms with Crippen molar-refractivity contribution in [2.24, 2.45) is 0 Å². The van der Waals surface area contributed by atoms with Gasteiger partial charge in [-0.3, -0.25) is 9.69 Å². The minimum absolute atomic E-state index is 0.0619. The maximum Gasteiger partial charge on any atom is 0.159 e. The molecule has 0 unspecified atom stereocenters. The highest BCUT2D eigenvalue weighted by molar-refractivity contribution is 5.94. The normalized spacial score (nSPS) is 12.9. The number of hydrogen-bond acceptors (Lipinski definition) is 2. The number of nitrogens with zero attached hydrogens (tertiary/aromatic N) is 1. The molecule has 18 heavy (non-hydrogen) atoms. The third-order valence-electron chi connectivity index (χ3n) is 3.84. The first-order valence-electron chi connectivity index (χ1n) is 6.42. The van der Waals surface area contributed by atoms with Crippen LogP contribution in [0.4, 0.5) is 0 Å². The number of benzene rings is 1. The molecule has 0 heterocycles. The van der Waals surface area contributed by atoms with Gasteiger partial charge in [0, 0.05) is 16.6 Å². The molecule has 2 nitrogen and oxygen atoms in total. The second-order valence-corrected chi connectivity index (χ2v) is 6.42. The summed E-state index contributed by atoms with van der Waals surface area (Å²) in [4.78, 5) is 13.6. The minimum Gasteiger partial charge on any atom is -0.295 e. The van der Waals surface area contributed by atoms with E-state index in [0.717, 1.165) is 5.56 Å². The van der Waals surface area contributed by atoms with Crippen LogP contribution in [0.25, 0.3) is 0 Å². The fraction of sp³-hybridized carbons (Fsp3) is 0.562. The maximum atomic E-state index is 11.3. The predicted molar refractivity (Wildman–Crippen MR) is 77.0 cm³/mol. The number of ketones is 1. The third kappa shape index (κ3) is 2.99. The topological polar surface area (TPSA) is 20.3 Å². The van der Waals surface area contributed by atoms with Gasteiger partial charge in [-0.1, -0.05) is 24.3 Å². The Labute approximate surface area is 111 Å². The van der Waals surface area contributed by atoms with Crippen LogP contribution in [-0.4, -0.2) is 23.3 Å². The molecule has 0 aliphatic heterocycles. The second-order valence-electron chi connectivity index (χ2n) is 6.42. The Kier molecular flexibility index (Phi) is 4.02. The van der Waals surface area contributed by atoms with Crippen molar-refractivity contribution in [2.75, 3.05) is 7.05 Å². The van der Waals surface area contributed by atoms with E-state index in [2.05, 4.69) is 58.7 Å². The second kappa shape index (κ2) is 4.85. The van der Waals surface area contributed by atoms with Crippen LogP contribution in [0.1, 0.15) is 57.5 Å². The molecule has 0 N–H and O–H groups in total. The first-order chi connectivity index (χ1) is 8.06. The molecule has 0 saturated heterocycles.